The average molecular weight is 435 g/mol. The van der Waals surface area contributed by atoms with Gasteiger partial charge in [-0.3, -0.25) is 9.67 Å². The van der Waals surface area contributed by atoms with Crippen LogP contribution in [0.5, 0.6) is 5.75 Å². The molecule has 3 fully saturated rings. The zero-order valence-electron chi connectivity index (χ0n) is 18.0. The smallest absolute Gasteiger partial charge is 0.147 e. The summed E-state index contributed by atoms with van der Waals surface area (Å²) in [5.74, 6) is 0.878. The molecule has 0 amide bonds. The lowest BCUT2D eigenvalue weighted by Gasteiger charge is -2.41. The fourth-order valence-corrected chi connectivity index (χ4v) is 5.32. The minimum absolute atomic E-state index is 0.0393. The van der Waals surface area contributed by atoms with Gasteiger partial charge in [-0.25, -0.2) is 9.37 Å². The Morgan fingerprint density at radius 3 is 2.66 bits per heavy atom. The van der Waals surface area contributed by atoms with E-state index in [2.05, 4.69) is 25.3 Å². The number of aromatic nitrogens is 4. The molecule has 32 heavy (non-hydrogen) atoms. The zero-order valence-corrected chi connectivity index (χ0v) is 18.0. The lowest BCUT2D eigenvalue weighted by Crippen LogP contribution is -2.57. The maximum absolute atomic E-state index is 15.2. The van der Waals surface area contributed by atoms with E-state index in [-0.39, 0.29) is 17.8 Å². The summed E-state index contributed by atoms with van der Waals surface area (Å²) in [5, 5.41) is 18.2. The zero-order chi connectivity index (χ0) is 21.8. The first-order valence-corrected chi connectivity index (χ1v) is 11.4. The molecule has 2 N–H and O–H groups in total. The number of hydrogen-bond donors (Lipinski definition) is 2. The van der Waals surface area contributed by atoms with Gasteiger partial charge in [0, 0.05) is 42.5 Å². The molecule has 3 aromatic rings. The highest BCUT2D eigenvalue weighted by Gasteiger charge is 2.48. The fraction of sp³-hybridized carbons (Fsp3) is 0.458. The molecular formula is C24H27FN6O. The second kappa shape index (κ2) is 7.55. The van der Waals surface area contributed by atoms with Crippen LogP contribution in [0.3, 0.4) is 0 Å². The molecule has 1 aromatic carbocycles. The summed E-state index contributed by atoms with van der Waals surface area (Å²) in [6.45, 7) is 0. The standard InChI is InChI=1S/C24H27FN6O/c1-30-13-15(10-28-30)14-2-6-18(22(32)8-14)20-11-27-23(12-26-20)31(17-4-5-17)21-9-16-3-7-19(29-16)24(21)25/h2,6,8,10-13,16-17,19,21,24,29,32H,3-5,7,9H2,1H3/t16-,19+,21-,24+/m1/s1. The highest BCUT2D eigenvalue weighted by atomic mass is 19.1. The molecule has 8 heteroatoms. The Morgan fingerprint density at radius 2 is 1.97 bits per heavy atom. The summed E-state index contributed by atoms with van der Waals surface area (Å²) in [7, 11) is 1.86. The van der Waals surface area contributed by atoms with Crippen LogP contribution in [0.2, 0.25) is 0 Å². The largest absolute Gasteiger partial charge is 0.507 e. The third-order valence-electron chi connectivity index (χ3n) is 7.07. The van der Waals surface area contributed by atoms with Crippen molar-refractivity contribution in [1.29, 1.82) is 0 Å². The number of nitrogens with zero attached hydrogens (tertiary/aromatic N) is 5. The maximum Gasteiger partial charge on any atom is 0.147 e. The third-order valence-corrected chi connectivity index (χ3v) is 7.07. The van der Waals surface area contributed by atoms with Crippen LogP contribution in [-0.4, -0.2) is 55.2 Å². The molecule has 1 saturated carbocycles. The van der Waals surface area contributed by atoms with E-state index in [4.69, 9.17) is 0 Å². The van der Waals surface area contributed by atoms with Crippen LogP contribution in [-0.2, 0) is 7.05 Å². The number of aryl methyl sites for hydroxylation is 1. The van der Waals surface area contributed by atoms with Gasteiger partial charge in [-0.1, -0.05) is 6.07 Å². The number of phenolic OH excluding ortho intramolecular Hbond substituents is 1. The molecule has 6 rings (SSSR count). The van der Waals surface area contributed by atoms with E-state index in [1.54, 1.807) is 29.3 Å². The Labute approximate surface area is 186 Å². The van der Waals surface area contributed by atoms with Crippen LogP contribution in [0.4, 0.5) is 10.2 Å². The molecule has 4 atom stereocenters. The maximum atomic E-state index is 15.2. The molecule has 1 aliphatic carbocycles. The van der Waals surface area contributed by atoms with Gasteiger partial charge < -0.3 is 15.3 Å². The van der Waals surface area contributed by atoms with Gasteiger partial charge in [0.15, 0.2) is 0 Å². The van der Waals surface area contributed by atoms with Crippen molar-refractivity contribution in [2.24, 2.45) is 7.05 Å². The molecule has 3 aliphatic rings. The first kappa shape index (κ1) is 19.7. The summed E-state index contributed by atoms with van der Waals surface area (Å²) in [6.07, 6.45) is 11.1. The van der Waals surface area contributed by atoms with E-state index in [0.717, 1.165) is 49.0 Å². The number of anilines is 1. The van der Waals surface area contributed by atoms with Crippen molar-refractivity contribution < 1.29 is 9.50 Å². The van der Waals surface area contributed by atoms with Crippen molar-refractivity contribution >= 4 is 5.82 Å². The van der Waals surface area contributed by atoms with E-state index in [9.17, 15) is 5.11 Å². The summed E-state index contributed by atoms with van der Waals surface area (Å²) in [4.78, 5) is 11.5. The van der Waals surface area contributed by atoms with Gasteiger partial charge in [0.2, 0.25) is 0 Å². The number of benzene rings is 1. The van der Waals surface area contributed by atoms with E-state index in [1.165, 1.54) is 0 Å². The molecule has 2 saturated heterocycles. The van der Waals surface area contributed by atoms with Crippen LogP contribution in [0, 0.1) is 0 Å². The lowest BCUT2D eigenvalue weighted by atomic mass is 9.96. The minimum atomic E-state index is -0.889. The molecule has 0 unspecified atom stereocenters. The van der Waals surface area contributed by atoms with Crippen LogP contribution in [0.15, 0.2) is 43.0 Å². The van der Waals surface area contributed by atoms with Crippen molar-refractivity contribution in [3.05, 3.63) is 43.0 Å². The number of hydrogen-bond acceptors (Lipinski definition) is 6. The van der Waals surface area contributed by atoms with E-state index in [0.29, 0.717) is 23.3 Å². The van der Waals surface area contributed by atoms with Gasteiger partial charge in [0.1, 0.15) is 17.7 Å². The number of piperidine rings is 1. The normalized spacial score (nSPS) is 26.9. The van der Waals surface area contributed by atoms with Crippen molar-refractivity contribution in [3.63, 3.8) is 0 Å². The molecule has 0 radical (unpaired) electrons. The topological polar surface area (TPSA) is 79.1 Å². The number of rotatable bonds is 5. The first-order valence-electron chi connectivity index (χ1n) is 11.4. The van der Waals surface area contributed by atoms with E-state index in [1.807, 2.05) is 25.4 Å². The predicted molar refractivity (Wildman–Crippen MR) is 120 cm³/mol. The number of halogens is 1. The number of fused-ring (bicyclic) bond motifs is 2. The number of phenols is 1. The predicted octanol–water partition coefficient (Wildman–Crippen LogP) is 3.45. The van der Waals surface area contributed by atoms with Crippen molar-refractivity contribution in [1.82, 2.24) is 25.1 Å². The molecule has 2 bridgehead atoms. The second-order valence-electron chi connectivity index (χ2n) is 9.33. The molecule has 2 aromatic heterocycles. The molecule has 4 heterocycles. The van der Waals surface area contributed by atoms with Gasteiger partial charge in [-0.2, -0.15) is 5.10 Å². The van der Waals surface area contributed by atoms with Crippen LogP contribution >= 0.6 is 0 Å². The highest BCUT2D eigenvalue weighted by Crippen LogP contribution is 2.40. The van der Waals surface area contributed by atoms with Crippen LogP contribution in [0.25, 0.3) is 22.4 Å². The van der Waals surface area contributed by atoms with Crippen molar-refractivity contribution in [2.45, 2.75) is 62.4 Å². The fourth-order valence-electron chi connectivity index (χ4n) is 5.32. The summed E-state index contributed by atoms with van der Waals surface area (Å²) in [5.41, 5.74) is 3.05. The Bertz CT molecular complexity index is 1130. The van der Waals surface area contributed by atoms with Gasteiger partial charge in [-0.05, 0) is 49.8 Å². The lowest BCUT2D eigenvalue weighted by molar-refractivity contribution is 0.171. The van der Waals surface area contributed by atoms with Gasteiger partial charge >= 0.3 is 0 Å². The molecule has 7 nitrogen and oxygen atoms in total. The van der Waals surface area contributed by atoms with Gasteiger partial charge in [-0.15, -0.1) is 0 Å². The molecule has 2 aliphatic heterocycles. The molecule has 0 spiro atoms. The third kappa shape index (κ3) is 3.43. The number of nitrogens with one attached hydrogen (secondary N) is 1. The SMILES string of the molecule is Cn1cc(-c2ccc(-c3cnc(N(C4CC4)[C@@H]4C[C@H]5CC[C@H](N5)[C@@H]4F)cn3)c(O)c2)cn1. The Hall–Kier alpha value is -3.00. The van der Waals surface area contributed by atoms with Crippen LogP contribution < -0.4 is 10.2 Å². The molecular weight excluding hydrogens is 407 g/mol. The van der Waals surface area contributed by atoms with E-state index >= 15 is 4.39 Å². The summed E-state index contributed by atoms with van der Waals surface area (Å²) in [6, 6.07) is 6.08. The molecule has 166 valence electrons. The quantitative estimate of drug-likeness (QED) is 0.640. The highest BCUT2D eigenvalue weighted by molar-refractivity contribution is 5.73. The van der Waals surface area contributed by atoms with Gasteiger partial charge in [0.05, 0.1) is 30.3 Å². The van der Waals surface area contributed by atoms with Gasteiger partial charge in [0.25, 0.3) is 0 Å². The van der Waals surface area contributed by atoms with Crippen LogP contribution in [0.1, 0.15) is 32.1 Å². The number of alkyl halides is 1. The van der Waals surface area contributed by atoms with E-state index < -0.39 is 6.17 Å². The van der Waals surface area contributed by atoms with Crippen molar-refractivity contribution in [3.8, 4) is 28.1 Å². The monoisotopic (exact) mass is 434 g/mol. The number of aromatic hydroxyl groups is 1. The summed E-state index contributed by atoms with van der Waals surface area (Å²) < 4.78 is 17.0. The second-order valence-corrected chi connectivity index (χ2v) is 9.33. The Balaban J connectivity index is 1.27. The minimum Gasteiger partial charge on any atom is -0.507 e. The first-order chi connectivity index (χ1) is 15.6. The van der Waals surface area contributed by atoms with Crippen molar-refractivity contribution in [2.75, 3.05) is 4.90 Å². The Morgan fingerprint density at radius 1 is 1.09 bits per heavy atom. The summed E-state index contributed by atoms with van der Waals surface area (Å²) >= 11 is 0. The Kier molecular flexibility index (Phi) is 4.64. The average Bonchev–Trinajstić information content (AvgIpc) is 3.39.